The number of rotatable bonds is 3. The van der Waals surface area contributed by atoms with Gasteiger partial charge in [0, 0.05) is 39.3 Å². The highest BCUT2D eigenvalue weighted by Crippen LogP contribution is 2.22. The predicted octanol–water partition coefficient (Wildman–Crippen LogP) is -0.411. The van der Waals surface area contributed by atoms with Crippen LogP contribution in [0.5, 0.6) is 0 Å². The number of piperidine rings is 1. The summed E-state index contributed by atoms with van der Waals surface area (Å²) in [5.74, 6) is 0.921. The number of β-amino-alcohol motifs (C(OH)–C–C–N with tert-alkyl or cyclic N) is 1. The van der Waals surface area contributed by atoms with Gasteiger partial charge < -0.3 is 20.3 Å². The topological polar surface area (TPSA) is 93.2 Å². The normalized spacial score (nSPS) is 26.7. The van der Waals surface area contributed by atoms with Gasteiger partial charge in [-0.2, -0.15) is 0 Å². The van der Waals surface area contributed by atoms with Crippen LogP contribution in [0.2, 0.25) is 0 Å². The van der Waals surface area contributed by atoms with Crippen LogP contribution in [-0.4, -0.2) is 81.4 Å². The summed E-state index contributed by atoms with van der Waals surface area (Å²) in [6, 6.07) is 0. The summed E-state index contributed by atoms with van der Waals surface area (Å²) in [5, 5.41) is 14.0. The molecule has 0 amide bonds. The number of aromatic amines is 1. The second-order valence-corrected chi connectivity index (χ2v) is 6.57. The van der Waals surface area contributed by atoms with Gasteiger partial charge in [-0.15, -0.1) is 0 Å². The Balaban J connectivity index is 1.40. The Bertz CT molecular complexity index is 659. The predicted molar refractivity (Wildman–Crippen MR) is 87.4 cm³/mol. The average Bonchev–Trinajstić information content (AvgIpc) is 3.04. The summed E-state index contributed by atoms with van der Waals surface area (Å²) >= 11 is 0. The number of imidazole rings is 1. The smallest absolute Gasteiger partial charge is 0.182 e. The van der Waals surface area contributed by atoms with E-state index in [-0.39, 0.29) is 0 Å². The van der Waals surface area contributed by atoms with Crippen LogP contribution in [0.15, 0.2) is 12.7 Å². The molecule has 1 atom stereocenters. The molecule has 2 aromatic heterocycles. The number of piperazine rings is 1. The van der Waals surface area contributed by atoms with E-state index in [4.69, 9.17) is 0 Å². The molecular formula is C15H23N7O. The number of aromatic nitrogens is 4. The number of nitrogens with one attached hydrogen (secondary N) is 2. The second-order valence-electron chi connectivity index (χ2n) is 6.57. The molecule has 8 heteroatoms. The fourth-order valence-corrected chi connectivity index (χ4v) is 3.61. The second kappa shape index (κ2) is 6.03. The maximum absolute atomic E-state index is 10.7. The summed E-state index contributed by atoms with van der Waals surface area (Å²) < 4.78 is 0. The molecule has 23 heavy (non-hydrogen) atoms. The summed E-state index contributed by atoms with van der Waals surface area (Å²) in [6.07, 6.45) is 5.17. The largest absolute Gasteiger partial charge is 0.387 e. The zero-order chi connectivity index (χ0) is 15.7. The van der Waals surface area contributed by atoms with Crippen LogP contribution in [0.1, 0.15) is 12.8 Å². The van der Waals surface area contributed by atoms with E-state index >= 15 is 0 Å². The van der Waals surface area contributed by atoms with E-state index in [9.17, 15) is 5.11 Å². The van der Waals surface area contributed by atoms with Crippen LogP contribution in [0.25, 0.3) is 11.2 Å². The van der Waals surface area contributed by atoms with Crippen LogP contribution in [0.4, 0.5) is 5.82 Å². The molecular weight excluding hydrogens is 294 g/mol. The number of fused-ring (bicyclic) bond motifs is 1. The minimum atomic E-state index is -0.577. The highest BCUT2D eigenvalue weighted by Gasteiger charge is 2.32. The molecule has 2 aromatic rings. The minimum absolute atomic E-state index is 0.577. The van der Waals surface area contributed by atoms with Gasteiger partial charge >= 0.3 is 0 Å². The van der Waals surface area contributed by atoms with Crippen molar-refractivity contribution in [2.75, 3.05) is 50.7 Å². The highest BCUT2D eigenvalue weighted by molar-refractivity contribution is 5.82. The molecule has 0 aromatic carbocycles. The fourth-order valence-electron chi connectivity index (χ4n) is 3.61. The molecule has 2 aliphatic rings. The summed E-state index contributed by atoms with van der Waals surface area (Å²) in [6.45, 7) is 6.13. The Morgan fingerprint density at radius 2 is 2.04 bits per heavy atom. The molecule has 0 radical (unpaired) electrons. The van der Waals surface area contributed by atoms with Gasteiger partial charge in [0.05, 0.1) is 11.9 Å². The molecule has 2 saturated heterocycles. The third-order valence-electron chi connectivity index (χ3n) is 4.84. The molecule has 2 fully saturated rings. The van der Waals surface area contributed by atoms with Gasteiger partial charge in [-0.3, -0.25) is 4.90 Å². The molecule has 0 spiro atoms. The maximum atomic E-state index is 10.7. The Hall–Kier alpha value is -1.77. The first-order valence-electron chi connectivity index (χ1n) is 8.28. The third-order valence-corrected chi connectivity index (χ3v) is 4.84. The molecule has 4 heterocycles. The number of H-pyrrole nitrogens is 1. The average molecular weight is 317 g/mol. The number of anilines is 1. The zero-order valence-electron chi connectivity index (χ0n) is 13.2. The SMILES string of the molecule is OC1(CN2CCN(c3ncnc4nc[nH]c34)CC2)CCCNC1. The fraction of sp³-hybridized carbons (Fsp3) is 0.667. The first-order valence-corrected chi connectivity index (χ1v) is 8.28. The van der Waals surface area contributed by atoms with E-state index in [0.717, 1.165) is 63.4 Å². The van der Waals surface area contributed by atoms with Crippen molar-refractivity contribution in [2.45, 2.75) is 18.4 Å². The summed E-state index contributed by atoms with van der Waals surface area (Å²) in [7, 11) is 0. The van der Waals surface area contributed by atoms with Gasteiger partial charge in [0.2, 0.25) is 0 Å². The van der Waals surface area contributed by atoms with Crippen LogP contribution in [0.3, 0.4) is 0 Å². The van der Waals surface area contributed by atoms with Crippen molar-refractivity contribution in [3.8, 4) is 0 Å². The third kappa shape index (κ3) is 3.01. The van der Waals surface area contributed by atoms with E-state index in [1.54, 1.807) is 12.7 Å². The van der Waals surface area contributed by atoms with E-state index in [2.05, 4.69) is 35.1 Å². The van der Waals surface area contributed by atoms with E-state index in [1.165, 1.54) is 0 Å². The van der Waals surface area contributed by atoms with Crippen molar-refractivity contribution in [2.24, 2.45) is 0 Å². The van der Waals surface area contributed by atoms with Crippen LogP contribution >= 0.6 is 0 Å². The maximum Gasteiger partial charge on any atom is 0.182 e. The van der Waals surface area contributed by atoms with Crippen molar-refractivity contribution in [3.63, 3.8) is 0 Å². The van der Waals surface area contributed by atoms with Crippen molar-refractivity contribution < 1.29 is 5.11 Å². The molecule has 0 aliphatic carbocycles. The van der Waals surface area contributed by atoms with E-state index in [0.29, 0.717) is 12.2 Å². The Morgan fingerprint density at radius 3 is 2.83 bits per heavy atom. The van der Waals surface area contributed by atoms with Crippen molar-refractivity contribution in [3.05, 3.63) is 12.7 Å². The quantitative estimate of drug-likeness (QED) is 0.708. The zero-order valence-corrected chi connectivity index (χ0v) is 13.2. The monoisotopic (exact) mass is 317 g/mol. The Morgan fingerprint density at radius 1 is 1.17 bits per heavy atom. The highest BCUT2D eigenvalue weighted by atomic mass is 16.3. The van der Waals surface area contributed by atoms with Crippen LogP contribution < -0.4 is 10.2 Å². The lowest BCUT2D eigenvalue weighted by Gasteiger charge is -2.41. The molecule has 2 aliphatic heterocycles. The number of hydrogen-bond donors (Lipinski definition) is 3. The number of nitrogens with zero attached hydrogens (tertiary/aromatic N) is 5. The molecule has 0 saturated carbocycles. The lowest BCUT2D eigenvalue weighted by atomic mass is 9.93. The number of hydrogen-bond acceptors (Lipinski definition) is 7. The molecule has 3 N–H and O–H groups in total. The Labute approximate surface area is 134 Å². The van der Waals surface area contributed by atoms with Gasteiger partial charge in [-0.25, -0.2) is 15.0 Å². The van der Waals surface area contributed by atoms with Crippen LogP contribution in [-0.2, 0) is 0 Å². The lowest BCUT2D eigenvalue weighted by Crippen LogP contribution is -2.56. The van der Waals surface area contributed by atoms with Gasteiger partial charge in [0.1, 0.15) is 11.8 Å². The minimum Gasteiger partial charge on any atom is -0.387 e. The lowest BCUT2D eigenvalue weighted by molar-refractivity contribution is -0.0164. The van der Waals surface area contributed by atoms with Gasteiger partial charge in [-0.1, -0.05) is 0 Å². The first-order chi connectivity index (χ1) is 11.2. The molecule has 4 rings (SSSR count). The Kier molecular flexibility index (Phi) is 3.88. The van der Waals surface area contributed by atoms with E-state index in [1.807, 2.05) is 0 Å². The summed E-state index contributed by atoms with van der Waals surface area (Å²) in [4.78, 5) is 20.5. The van der Waals surface area contributed by atoms with Gasteiger partial charge in [-0.05, 0) is 19.4 Å². The standard InChI is InChI=1S/C15H23N7O/c23-15(2-1-3-16-8-15)9-21-4-6-22(7-5-21)14-12-13(18-10-17-12)19-11-20-14/h10-11,16,23H,1-9H2,(H,17,18,19,20). The molecule has 124 valence electrons. The molecule has 0 bridgehead atoms. The summed E-state index contributed by atoms with van der Waals surface area (Å²) in [5.41, 5.74) is 1.03. The van der Waals surface area contributed by atoms with Crippen molar-refractivity contribution in [1.82, 2.24) is 30.2 Å². The van der Waals surface area contributed by atoms with Crippen molar-refractivity contribution in [1.29, 1.82) is 0 Å². The van der Waals surface area contributed by atoms with Gasteiger partial charge in [0.25, 0.3) is 0 Å². The molecule has 8 nitrogen and oxygen atoms in total. The molecule has 1 unspecified atom stereocenters. The van der Waals surface area contributed by atoms with Crippen molar-refractivity contribution >= 4 is 17.0 Å². The van der Waals surface area contributed by atoms with Crippen LogP contribution in [0, 0.1) is 0 Å². The van der Waals surface area contributed by atoms with Gasteiger partial charge in [0.15, 0.2) is 11.5 Å². The first kappa shape index (κ1) is 14.8. The van der Waals surface area contributed by atoms with E-state index < -0.39 is 5.60 Å². The number of aliphatic hydroxyl groups is 1.